The molecule has 0 spiro atoms. The first kappa shape index (κ1) is 12.1. The fourth-order valence-electron chi connectivity index (χ4n) is 2.37. The van der Waals surface area contributed by atoms with Gasteiger partial charge in [0.2, 0.25) is 9.84 Å². The monoisotopic (exact) mass is 272 g/mol. The highest BCUT2D eigenvalue weighted by molar-refractivity contribution is 7.91. The molecule has 0 unspecified atom stereocenters. The molecule has 0 saturated heterocycles. The van der Waals surface area contributed by atoms with Crippen LogP contribution in [-0.2, 0) is 9.84 Å². The Hall–Kier alpha value is -1.94. The van der Waals surface area contributed by atoms with Crippen molar-refractivity contribution in [1.82, 2.24) is 0 Å². The van der Waals surface area contributed by atoms with Gasteiger partial charge in [0.05, 0.1) is 9.79 Å². The largest absolute Gasteiger partial charge is 0.289 e. The molecule has 3 rings (SSSR count). The van der Waals surface area contributed by atoms with Crippen molar-refractivity contribution in [1.29, 1.82) is 0 Å². The van der Waals surface area contributed by atoms with E-state index in [0.717, 1.165) is 11.1 Å². The second kappa shape index (κ2) is 3.78. The number of carbonyl (C=O) groups is 1. The summed E-state index contributed by atoms with van der Waals surface area (Å²) in [6.07, 6.45) is 0. The Balaban J connectivity index is 2.43. The van der Waals surface area contributed by atoms with E-state index in [2.05, 4.69) is 0 Å². The molecule has 0 radical (unpaired) electrons. The molecular formula is C15H12O3S. The van der Waals surface area contributed by atoms with E-state index in [1.165, 1.54) is 12.1 Å². The van der Waals surface area contributed by atoms with Crippen LogP contribution in [0.25, 0.3) is 0 Å². The van der Waals surface area contributed by atoms with Gasteiger partial charge in [-0.2, -0.15) is 0 Å². The van der Waals surface area contributed by atoms with Gasteiger partial charge in [-0.1, -0.05) is 23.3 Å². The molecule has 2 aromatic rings. The van der Waals surface area contributed by atoms with Gasteiger partial charge in [0, 0.05) is 11.1 Å². The van der Waals surface area contributed by atoms with E-state index < -0.39 is 9.84 Å². The van der Waals surface area contributed by atoms with E-state index in [1.54, 1.807) is 24.3 Å². The highest BCUT2D eigenvalue weighted by Gasteiger charge is 2.34. The summed E-state index contributed by atoms with van der Waals surface area (Å²) in [5.74, 6) is -0.216. The van der Waals surface area contributed by atoms with Gasteiger partial charge in [-0.15, -0.1) is 0 Å². The molecule has 0 fully saturated rings. The number of hydrogen-bond acceptors (Lipinski definition) is 3. The predicted molar refractivity (Wildman–Crippen MR) is 71.2 cm³/mol. The predicted octanol–water partition coefficient (Wildman–Crippen LogP) is 2.68. The maximum absolute atomic E-state index is 12.5. The van der Waals surface area contributed by atoms with Gasteiger partial charge in [0.15, 0.2) is 5.78 Å². The number of aryl methyl sites for hydroxylation is 2. The molecule has 3 nitrogen and oxygen atoms in total. The number of sulfone groups is 1. The molecule has 96 valence electrons. The molecule has 1 aliphatic rings. The second-order valence-corrected chi connectivity index (χ2v) is 6.72. The number of hydrogen-bond donors (Lipinski definition) is 0. The van der Waals surface area contributed by atoms with E-state index in [1.807, 2.05) is 13.8 Å². The third kappa shape index (κ3) is 1.64. The van der Waals surface area contributed by atoms with Gasteiger partial charge in [-0.3, -0.25) is 4.79 Å². The molecule has 1 aliphatic heterocycles. The standard InChI is InChI=1S/C15H12O3S/c1-9-3-5-13-11(7-9)15(16)12-8-10(2)4-6-14(12)19(13,17)18/h3-8H,1-2H3. The molecule has 0 bridgehead atoms. The average molecular weight is 272 g/mol. The smallest absolute Gasteiger partial charge is 0.208 e. The molecule has 0 amide bonds. The highest BCUT2D eigenvalue weighted by Crippen LogP contribution is 2.35. The van der Waals surface area contributed by atoms with E-state index in [-0.39, 0.29) is 26.7 Å². The molecular weight excluding hydrogens is 260 g/mol. The lowest BCUT2D eigenvalue weighted by Gasteiger charge is -2.19. The van der Waals surface area contributed by atoms with E-state index in [0.29, 0.717) is 0 Å². The van der Waals surface area contributed by atoms with Crippen LogP contribution in [0.4, 0.5) is 0 Å². The summed E-state index contributed by atoms with van der Waals surface area (Å²) in [5, 5.41) is 0. The van der Waals surface area contributed by atoms with Crippen LogP contribution in [0.3, 0.4) is 0 Å². The van der Waals surface area contributed by atoms with Crippen LogP contribution in [0.1, 0.15) is 27.0 Å². The van der Waals surface area contributed by atoms with Crippen LogP contribution in [0, 0.1) is 13.8 Å². The Morgan fingerprint density at radius 2 is 1.21 bits per heavy atom. The van der Waals surface area contributed by atoms with Crippen LogP contribution in [0.15, 0.2) is 46.2 Å². The van der Waals surface area contributed by atoms with Crippen molar-refractivity contribution in [2.75, 3.05) is 0 Å². The first-order valence-electron chi connectivity index (χ1n) is 5.92. The summed E-state index contributed by atoms with van der Waals surface area (Å²) in [4.78, 5) is 12.7. The van der Waals surface area contributed by atoms with Crippen LogP contribution in [-0.4, -0.2) is 14.2 Å². The van der Waals surface area contributed by atoms with Crippen molar-refractivity contribution in [2.24, 2.45) is 0 Å². The Bertz CT molecular complexity index is 756. The highest BCUT2D eigenvalue weighted by atomic mass is 32.2. The van der Waals surface area contributed by atoms with E-state index in [4.69, 9.17) is 0 Å². The Morgan fingerprint density at radius 1 is 0.789 bits per heavy atom. The number of ketones is 1. The topological polar surface area (TPSA) is 51.2 Å². The molecule has 4 heteroatoms. The Morgan fingerprint density at radius 3 is 1.63 bits per heavy atom. The van der Waals surface area contributed by atoms with Gasteiger partial charge in [0.25, 0.3) is 0 Å². The van der Waals surface area contributed by atoms with Crippen LogP contribution < -0.4 is 0 Å². The normalized spacial score (nSPS) is 15.8. The number of carbonyl (C=O) groups excluding carboxylic acids is 1. The minimum atomic E-state index is -3.59. The molecule has 0 aliphatic carbocycles. The first-order chi connectivity index (χ1) is 8.91. The van der Waals surface area contributed by atoms with Crippen LogP contribution in [0.2, 0.25) is 0 Å². The molecule has 1 heterocycles. The molecule has 19 heavy (non-hydrogen) atoms. The minimum absolute atomic E-state index is 0.111. The van der Waals surface area contributed by atoms with Crippen molar-refractivity contribution in [2.45, 2.75) is 23.6 Å². The summed E-state index contributed by atoms with van der Waals surface area (Å²) < 4.78 is 25.0. The van der Waals surface area contributed by atoms with Gasteiger partial charge in [-0.05, 0) is 38.1 Å². The van der Waals surface area contributed by atoms with Crippen molar-refractivity contribution < 1.29 is 13.2 Å². The third-order valence-corrected chi connectivity index (χ3v) is 5.21. The van der Waals surface area contributed by atoms with E-state index >= 15 is 0 Å². The second-order valence-electron chi connectivity index (χ2n) is 4.83. The summed E-state index contributed by atoms with van der Waals surface area (Å²) in [6, 6.07) is 9.73. The van der Waals surface area contributed by atoms with Crippen molar-refractivity contribution in [3.8, 4) is 0 Å². The SMILES string of the molecule is Cc1ccc2c(c1)C(=O)c1cc(C)ccc1S2(=O)=O. The first-order valence-corrected chi connectivity index (χ1v) is 7.40. The fraction of sp³-hybridized carbons (Fsp3) is 0.133. The maximum atomic E-state index is 12.5. The minimum Gasteiger partial charge on any atom is -0.289 e. The molecule has 0 aromatic heterocycles. The molecule has 0 saturated carbocycles. The lowest BCUT2D eigenvalue weighted by molar-refractivity contribution is 0.103. The zero-order chi connectivity index (χ0) is 13.8. The van der Waals surface area contributed by atoms with Crippen molar-refractivity contribution >= 4 is 15.6 Å². The Kier molecular flexibility index (Phi) is 2.41. The summed E-state index contributed by atoms with van der Waals surface area (Å²) in [6.45, 7) is 3.68. The molecule has 0 atom stereocenters. The van der Waals surface area contributed by atoms with Crippen molar-refractivity contribution in [3.63, 3.8) is 0 Å². The summed E-state index contributed by atoms with van der Waals surface area (Å²) in [5.41, 5.74) is 2.30. The zero-order valence-electron chi connectivity index (χ0n) is 10.6. The van der Waals surface area contributed by atoms with Gasteiger partial charge in [0.1, 0.15) is 0 Å². The van der Waals surface area contributed by atoms with Crippen LogP contribution in [0.5, 0.6) is 0 Å². The maximum Gasteiger partial charge on any atom is 0.208 e. The lowest BCUT2D eigenvalue weighted by Crippen LogP contribution is -2.20. The third-order valence-electron chi connectivity index (χ3n) is 3.34. The van der Waals surface area contributed by atoms with Crippen LogP contribution >= 0.6 is 0 Å². The summed E-state index contributed by atoms with van der Waals surface area (Å²) in [7, 11) is -3.59. The van der Waals surface area contributed by atoms with E-state index in [9.17, 15) is 13.2 Å². The Labute approximate surface area is 111 Å². The molecule has 0 N–H and O–H groups in total. The average Bonchev–Trinajstić information content (AvgIpc) is 2.35. The number of rotatable bonds is 0. The zero-order valence-corrected chi connectivity index (χ0v) is 11.4. The van der Waals surface area contributed by atoms with Gasteiger partial charge >= 0.3 is 0 Å². The van der Waals surface area contributed by atoms with Gasteiger partial charge < -0.3 is 0 Å². The van der Waals surface area contributed by atoms with Crippen molar-refractivity contribution in [3.05, 3.63) is 58.7 Å². The number of fused-ring (bicyclic) bond motifs is 2. The lowest BCUT2D eigenvalue weighted by atomic mass is 9.99. The fourth-order valence-corrected chi connectivity index (χ4v) is 3.99. The molecule has 2 aromatic carbocycles. The summed E-state index contributed by atoms with van der Waals surface area (Å²) >= 11 is 0. The number of benzene rings is 2. The van der Waals surface area contributed by atoms with Gasteiger partial charge in [-0.25, -0.2) is 8.42 Å². The quantitative estimate of drug-likeness (QED) is 0.632.